The van der Waals surface area contributed by atoms with E-state index in [0.29, 0.717) is 37.2 Å². The minimum atomic E-state index is -0.133. The summed E-state index contributed by atoms with van der Waals surface area (Å²) in [5.74, 6) is -0.262. The molecule has 0 unspecified atom stereocenters. The molecule has 2 amide bonds. The molecule has 0 bridgehead atoms. The van der Waals surface area contributed by atoms with Crippen LogP contribution < -0.4 is 16.4 Å². The quantitative estimate of drug-likeness (QED) is 0.635. The number of carbonyl (C=O) groups is 2. The Bertz CT molecular complexity index is 702. The Morgan fingerprint density at radius 1 is 0.917 bits per heavy atom. The minimum absolute atomic E-state index is 0.129. The van der Waals surface area contributed by atoms with Crippen LogP contribution in [0.4, 0.5) is 0 Å². The molecule has 0 aromatic heterocycles. The molecule has 0 aliphatic heterocycles. The van der Waals surface area contributed by atoms with Crippen LogP contribution in [0.3, 0.4) is 0 Å². The molecule has 0 fully saturated rings. The fourth-order valence-electron chi connectivity index (χ4n) is 2.13. The maximum atomic E-state index is 12.0. The molecule has 2 aromatic rings. The Morgan fingerprint density at radius 2 is 1.54 bits per heavy atom. The van der Waals surface area contributed by atoms with Crippen LogP contribution in [0.15, 0.2) is 53.0 Å². The molecule has 24 heavy (non-hydrogen) atoms. The average molecular weight is 390 g/mol. The van der Waals surface area contributed by atoms with Gasteiger partial charge in [0.1, 0.15) is 0 Å². The normalized spacial score (nSPS) is 10.2. The largest absolute Gasteiger partial charge is 0.352 e. The number of amides is 2. The molecule has 126 valence electrons. The summed E-state index contributed by atoms with van der Waals surface area (Å²) < 4.78 is 0.761. The third-order valence-electron chi connectivity index (χ3n) is 3.49. The van der Waals surface area contributed by atoms with Crippen molar-refractivity contribution in [3.8, 4) is 0 Å². The highest BCUT2D eigenvalue weighted by Gasteiger charge is 2.08. The lowest BCUT2D eigenvalue weighted by Gasteiger charge is -2.08. The summed E-state index contributed by atoms with van der Waals surface area (Å²) in [5.41, 5.74) is 7.71. The van der Waals surface area contributed by atoms with Gasteiger partial charge in [0, 0.05) is 29.7 Å². The Labute approximate surface area is 149 Å². The summed E-state index contributed by atoms with van der Waals surface area (Å²) in [6, 6.07) is 14.4. The van der Waals surface area contributed by atoms with Gasteiger partial charge < -0.3 is 16.4 Å². The topological polar surface area (TPSA) is 84.2 Å². The third-order valence-corrected chi connectivity index (χ3v) is 4.19. The number of nitrogens with two attached hydrogens (primary N) is 1. The zero-order valence-electron chi connectivity index (χ0n) is 13.2. The molecule has 0 radical (unpaired) electrons. The van der Waals surface area contributed by atoms with Gasteiger partial charge in [-0.1, -0.05) is 24.3 Å². The summed E-state index contributed by atoms with van der Waals surface area (Å²) in [7, 11) is 0. The van der Waals surface area contributed by atoms with Crippen molar-refractivity contribution in [2.75, 3.05) is 13.1 Å². The van der Waals surface area contributed by atoms with Crippen LogP contribution in [0, 0.1) is 0 Å². The van der Waals surface area contributed by atoms with Gasteiger partial charge in [-0.25, -0.2) is 0 Å². The van der Waals surface area contributed by atoms with Crippen LogP contribution in [0.5, 0.6) is 0 Å². The van der Waals surface area contributed by atoms with E-state index in [1.807, 2.05) is 30.3 Å². The van der Waals surface area contributed by atoms with E-state index >= 15 is 0 Å². The van der Waals surface area contributed by atoms with Crippen LogP contribution >= 0.6 is 15.9 Å². The van der Waals surface area contributed by atoms with Gasteiger partial charge in [0.05, 0.1) is 5.56 Å². The Kier molecular flexibility index (Phi) is 6.96. The maximum absolute atomic E-state index is 12.0. The van der Waals surface area contributed by atoms with E-state index in [-0.39, 0.29) is 11.8 Å². The van der Waals surface area contributed by atoms with Gasteiger partial charge >= 0.3 is 0 Å². The van der Waals surface area contributed by atoms with Crippen molar-refractivity contribution < 1.29 is 9.59 Å². The molecule has 6 heteroatoms. The lowest BCUT2D eigenvalue weighted by atomic mass is 10.1. The Hall–Kier alpha value is -2.18. The predicted octanol–water partition coefficient (Wildman–Crippen LogP) is 2.46. The van der Waals surface area contributed by atoms with Crippen molar-refractivity contribution >= 4 is 27.7 Å². The zero-order chi connectivity index (χ0) is 17.4. The molecule has 5 nitrogen and oxygen atoms in total. The van der Waals surface area contributed by atoms with Gasteiger partial charge in [-0.2, -0.15) is 0 Å². The first kappa shape index (κ1) is 18.2. The van der Waals surface area contributed by atoms with E-state index in [2.05, 4.69) is 26.6 Å². The van der Waals surface area contributed by atoms with Gasteiger partial charge in [-0.3, -0.25) is 9.59 Å². The van der Waals surface area contributed by atoms with Crippen LogP contribution in [-0.4, -0.2) is 24.9 Å². The van der Waals surface area contributed by atoms with Gasteiger partial charge in [0.15, 0.2) is 0 Å². The second-order valence-electron chi connectivity index (χ2n) is 5.25. The third kappa shape index (κ3) is 5.18. The van der Waals surface area contributed by atoms with Crippen molar-refractivity contribution in [1.29, 1.82) is 0 Å². The second kappa shape index (κ2) is 9.20. The molecule has 0 aliphatic carbocycles. The molecular weight excluding hydrogens is 370 g/mol. The lowest BCUT2D eigenvalue weighted by Crippen LogP contribution is -2.30. The highest BCUT2D eigenvalue weighted by Crippen LogP contribution is 2.15. The van der Waals surface area contributed by atoms with E-state index < -0.39 is 0 Å². The number of halogens is 1. The molecule has 0 saturated heterocycles. The fraction of sp³-hybridized carbons (Fsp3) is 0.222. The van der Waals surface area contributed by atoms with E-state index in [4.69, 9.17) is 5.73 Å². The van der Waals surface area contributed by atoms with Crippen molar-refractivity contribution in [2.45, 2.75) is 13.0 Å². The molecule has 4 N–H and O–H groups in total. The Morgan fingerprint density at radius 3 is 2.17 bits per heavy atom. The first-order valence-corrected chi connectivity index (χ1v) is 8.51. The summed E-state index contributed by atoms with van der Waals surface area (Å²) in [6.45, 7) is 1.44. The fourth-order valence-corrected chi connectivity index (χ4v) is 2.59. The molecular formula is C18H20BrN3O2. The summed E-state index contributed by atoms with van der Waals surface area (Å²) in [5, 5.41) is 5.66. The summed E-state index contributed by atoms with van der Waals surface area (Å²) >= 11 is 3.35. The molecule has 2 rings (SSSR count). The van der Waals surface area contributed by atoms with Crippen LogP contribution in [-0.2, 0) is 6.54 Å². The molecule has 0 spiro atoms. The number of rotatable bonds is 7. The maximum Gasteiger partial charge on any atom is 0.252 e. The van der Waals surface area contributed by atoms with Gasteiger partial charge in [0.2, 0.25) is 0 Å². The van der Waals surface area contributed by atoms with Crippen LogP contribution in [0.1, 0.15) is 32.7 Å². The Balaban J connectivity index is 1.70. The number of carbonyl (C=O) groups excluding carboxylic acids is 2. The molecule has 2 aromatic carbocycles. The monoisotopic (exact) mass is 389 g/mol. The van der Waals surface area contributed by atoms with Crippen molar-refractivity contribution in [3.05, 3.63) is 69.7 Å². The van der Waals surface area contributed by atoms with Gasteiger partial charge in [0.25, 0.3) is 11.8 Å². The van der Waals surface area contributed by atoms with E-state index in [1.165, 1.54) is 0 Å². The minimum Gasteiger partial charge on any atom is -0.352 e. The van der Waals surface area contributed by atoms with Crippen molar-refractivity contribution in [1.82, 2.24) is 10.6 Å². The summed E-state index contributed by atoms with van der Waals surface area (Å²) in [6.07, 6.45) is 0.656. The highest BCUT2D eigenvalue weighted by molar-refractivity contribution is 9.10. The van der Waals surface area contributed by atoms with Crippen LogP contribution in [0.2, 0.25) is 0 Å². The number of nitrogens with one attached hydrogen (secondary N) is 2. The predicted molar refractivity (Wildman–Crippen MR) is 97.8 cm³/mol. The van der Waals surface area contributed by atoms with Gasteiger partial charge in [-0.15, -0.1) is 0 Å². The second-order valence-corrected chi connectivity index (χ2v) is 6.10. The van der Waals surface area contributed by atoms with E-state index in [0.717, 1.165) is 10.0 Å². The van der Waals surface area contributed by atoms with E-state index in [9.17, 15) is 9.59 Å². The average Bonchev–Trinajstić information content (AvgIpc) is 2.61. The van der Waals surface area contributed by atoms with Crippen LogP contribution in [0.25, 0.3) is 0 Å². The standard InChI is InChI=1S/C18H20BrN3O2/c19-16-5-2-1-4-15(16)18(24)22-11-3-10-21-17(23)14-8-6-13(12-20)7-9-14/h1-2,4-9H,3,10-12,20H2,(H,21,23)(H,22,24). The highest BCUT2D eigenvalue weighted by atomic mass is 79.9. The number of hydrogen-bond donors (Lipinski definition) is 3. The number of hydrogen-bond acceptors (Lipinski definition) is 3. The zero-order valence-corrected chi connectivity index (χ0v) is 14.8. The molecule has 0 heterocycles. The van der Waals surface area contributed by atoms with E-state index in [1.54, 1.807) is 18.2 Å². The van der Waals surface area contributed by atoms with Crippen molar-refractivity contribution in [2.24, 2.45) is 5.73 Å². The molecule has 0 atom stereocenters. The smallest absolute Gasteiger partial charge is 0.252 e. The molecule has 0 aliphatic rings. The first-order valence-electron chi connectivity index (χ1n) is 7.71. The molecule has 0 saturated carbocycles. The lowest BCUT2D eigenvalue weighted by molar-refractivity contribution is 0.0951. The van der Waals surface area contributed by atoms with Crippen molar-refractivity contribution in [3.63, 3.8) is 0 Å². The summed E-state index contributed by atoms with van der Waals surface area (Å²) in [4.78, 5) is 24.0. The first-order chi connectivity index (χ1) is 11.6. The van der Waals surface area contributed by atoms with Gasteiger partial charge in [-0.05, 0) is 52.2 Å². The number of benzene rings is 2. The SMILES string of the molecule is NCc1ccc(C(=O)NCCCNC(=O)c2ccccc2Br)cc1.